The molecule has 0 unspecified atom stereocenters. The van der Waals surface area contributed by atoms with Crippen molar-refractivity contribution in [2.75, 3.05) is 31.1 Å². The summed E-state index contributed by atoms with van der Waals surface area (Å²) in [6.45, 7) is 5.41. The highest BCUT2D eigenvalue weighted by Gasteiger charge is 2.19. The quantitative estimate of drug-likeness (QED) is 0.812. The fraction of sp³-hybridized carbons (Fsp3) is 0.250. The molecule has 118 valence electrons. The van der Waals surface area contributed by atoms with Gasteiger partial charge in [0.25, 0.3) is 0 Å². The molecule has 0 N–H and O–H groups in total. The summed E-state index contributed by atoms with van der Waals surface area (Å²) >= 11 is 0. The van der Waals surface area contributed by atoms with E-state index in [1.54, 1.807) is 6.08 Å². The van der Waals surface area contributed by atoms with Crippen molar-refractivity contribution in [1.29, 1.82) is 0 Å². The van der Waals surface area contributed by atoms with Crippen LogP contribution in [-0.4, -0.2) is 37.0 Å². The van der Waals surface area contributed by atoms with Crippen LogP contribution in [-0.2, 0) is 4.79 Å². The number of amides is 1. The average Bonchev–Trinajstić information content (AvgIpc) is 2.61. The zero-order valence-electron chi connectivity index (χ0n) is 13.5. The zero-order valence-corrected chi connectivity index (χ0v) is 13.5. The third-order valence-corrected chi connectivity index (χ3v) is 4.18. The minimum absolute atomic E-state index is 0.0951. The lowest BCUT2D eigenvalue weighted by molar-refractivity contribution is -0.126. The number of hydrogen-bond donors (Lipinski definition) is 0. The van der Waals surface area contributed by atoms with E-state index < -0.39 is 0 Å². The summed E-state index contributed by atoms with van der Waals surface area (Å²) < 4.78 is 0. The summed E-state index contributed by atoms with van der Waals surface area (Å²) in [6, 6.07) is 18.5. The van der Waals surface area contributed by atoms with Gasteiger partial charge in [-0.3, -0.25) is 4.79 Å². The Balaban J connectivity index is 1.56. The molecule has 1 aliphatic rings. The molecule has 1 heterocycles. The lowest BCUT2D eigenvalue weighted by Gasteiger charge is -2.35. The van der Waals surface area contributed by atoms with E-state index in [1.807, 2.05) is 41.3 Å². The summed E-state index contributed by atoms with van der Waals surface area (Å²) in [4.78, 5) is 16.6. The van der Waals surface area contributed by atoms with E-state index in [2.05, 4.69) is 36.1 Å². The van der Waals surface area contributed by atoms with E-state index in [-0.39, 0.29) is 5.91 Å². The van der Waals surface area contributed by atoms with Crippen LogP contribution >= 0.6 is 0 Å². The minimum Gasteiger partial charge on any atom is -0.368 e. The molecule has 0 bridgehead atoms. The summed E-state index contributed by atoms with van der Waals surface area (Å²) in [7, 11) is 0. The highest BCUT2D eigenvalue weighted by molar-refractivity contribution is 5.91. The first-order valence-corrected chi connectivity index (χ1v) is 8.06. The number of hydrogen-bond acceptors (Lipinski definition) is 2. The van der Waals surface area contributed by atoms with E-state index >= 15 is 0 Å². The number of nitrogens with zero attached hydrogens (tertiary/aromatic N) is 2. The SMILES string of the molecule is Cc1cccc(N2CCN(C(=O)/C=C/c3ccccc3)CC2)c1. The monoisotopic (exact) mass is 306 g/mol. The normalized spacial score (nSPS) is 15.2. The standard InChI is InChI=1S/C20H22N2O/c1-17-6-5-9-19(16-17)21-12-14-22(15-13-21)20(23)11-10-18-7-3-2-4-8-18/h2-11,16H,12-15H2,1H3/b11-10+. The molecule has 0 aromatic heterocycles. The van der Waals surface area contributed by atoms with Gasteiger partial charge in [0.05, 0.1) is 0 Å². The first kappa shape index (κ1) is 15.3. The van der Waals surface area contributed by atoms with Crippen molar-refractivity contribution >= 4 is 17.7 Å². The molecule has 0 saturated carbocycles. The predicted molar refractivity (Wildman–Crippen MR) is 95.4 cm³/mol. The molecule has 3 nitrogen and oxygen atoms in total. The van der Waals surface area contributed by atoms with Crippen LogP contribution in [0, 0.1) is 6.92 Å². The molecule has 1 aliphatic heterocycles. The van der Waals surface area contributed by atoms with Crippen LogP contribution in [0.2, 0.25) is 0 Å². The molecule has 0 spiro atoms. The van der Waals surface area contributed by atoms with Crippen LogP contribution < -0.4 is 4.90 Å². The van der Waals surface area contributed by atoms with Gasteiger partial charge in [0.2, 0.25) is 5.91 Å². The second-order valence-corrected chi connectivity index (χ2v) is 5.90. The number of carbonyl (C=O) groups is 1. The number of rotatable bonds is 3. The first-order valence-electron chi connectivity index (χ1n) is 8.06. The van der Waals surface area contributed by atoms with Crippen molar-refractivity contribution in [3.8, 4) is 0 Å². The van der Waals surface area contributed by atoms with E-state index in [1.165, 1.54) is 11.3 Å². The van der Waals surface area contributed by atoms with Crippen molar-refractivity contribution in [3.05, 3.63) is 71.8 Å². The lowest BCUT2D eigenvalue weighted by atomic mass is 10.2. The Kier molecular flexibility index (Phi) is 4.77. The average molecular weight is 306 g/mol. The maximum absolute atomic E-state index is 12.3. The molecular weight excluding hydrogens is 284 g/mol. The Morgan fingerprint density at radius 2 is 1.70 bits per heavy atom. The molecular formula is C20H22N2O. The van der Waals surface area contributed by atoms with Gasteiger partial charge in [0, 0.05) is 37.9 Å². The minimum atomic E-state index is 0.0951. The largest absolute Gasteiger partial charge is 0.368 e. The molecule has 2 aromatic carbocycles. The summed E-state index contributed by atoms with van der Waals surface area (Å²) in [5.41, 5.74) is 3.57. The smallest absolute Gasteiger partial charge is 0.246 e. The molecule has 23 heavy (non-hydrogen) atoms. The van der Waals surface area contributed by atoms with Crippen LogP contribution in [0.4, 0.5) is 5.69 Å². The van der Waals surface area contributed by atoms with E-state index in [4.69, 9.17) is 0 Å². The molecule has 1 saturated heterocycles. The van der Waals surface area contributed by atoms with Crippen molar-refractivity contribution in [3.63, 3.8) is 0 Å². The fourth-order valence-corrected chi connectivity index (χ4v) is 2.85. The number of piperazine rings is 1. The second-order valence-electron chi connectivity index (χ2n) is 5.90. The van der Waals surface area contributed by atoms with Gasteiger partial charge in [0.1, 0.15) is 0 Å². The molecule has 3 heteroatoms. The van der Waals surface area contributed by atoms with Gasteiger partial charge >= 0.3 is 0 Å². The van der Waals surface area contributed by atoms with Gasteiger partial charge in [-0.25, -0.2) is 0 Å². The van der Waals surface area contributed by atoms with Crippen LogP contribution in [0.3, 0.4) is 0 Å². The Labute approximate surface area is 137 Å². The Hall–Kier alpha value is -2.55. The van der Waals surface area contributed by atoms with Gasteiger partial charge in [-0.1, -0.05) is 42.5 Å². The molecule has 1 fully saturated rings. The van der Waals surface area contributed by atoms with Gasteiger partial charge in [-0.05, 0) is 36.3 Å². The number of benzene rings is 2. The summed E-state index contributed by atoms with van der Waals surface area (Å²) in [6.07, 6.45) is 3.56. The van der Waals surface area contributed by atoms with Crippen molar-refractivity contribution in [2.45, 2.75) is 6.92 Å². The van der Waals surface area contributed by atoms with Crippen LogP contribution in [0.25, 0.3) is 6.08 Å². The topological polar surface area (TPSA) is 23.6 Å². The Morgan fingerprint density at radius 3 is 2.39 bits per heavy atom. The van der Waals surface area contributed by atoms with Crippen molar-refractivity contribution < 1.29 is 4.79 Å². The van der Waals surface area contributed by atoms with Gasteiger partial charge in [-0.2, -0.15) is 0 Å². The van der Waals surface area contributed by atoms with Gasteiger partial charge < -0.3 is 9.80 Å². The van der Waals surface area contributed by atoms with Crippen LogP contribution in [0.5, 0.6) is 0 Å². The van der Waals surface area contributed by atoms with E-state index in [9.17, 15) is 4.79 Å². The Morgan fingerprint density at radius 1 is 0.957 bits per heavy atom. The van der Waals surface area contributed by atoms with E-state index in [0.29, 0.717) is 0 Å². The first-order chi connectivity index (χ1) is 11.2. The highest BCUT2D eigenvalue weighted by Crippen LogP contribution is 2.18. The van der Waals surface area contributed by atoms with E-state index in [0.717, 1.165) is 31.7 Å². The van der Waals surface area contributed by atoms with Crippen molar-refractivity contribution in [2.24, 2.45) is 0 Å². The van der Waals surface area contributed by atoms with Gasteiger partial charge in [0.15, 0.2) is 0 Å². The fourth-order valence-electron chi connectivity index (χ4n) is 2.85. The predicted octanol–water partition coefficient (Wildman–Crippen LogP) is 3.36. The third kappa shape index (κ3) is 4.01. The Bertz CT molecular complexity index is 686. The maximum Gasteiger partial charge on any atom is 0.246 e. The molecule has 0 radical (unpaired) electrons. The highest BCUT2D eigenvalue weighted by atomic mass is 16.2. The number of carbonyl (C=O) groups excluding carboxylic acids is 1. The summed E-state index contributed by atoms with van der Waals surface area (Å²) in [5, 5.41) is 0. The molecule has 0 aliphatic carbocycles. The molecule has 3 rings (SSSR count). The van der Waals surface area contributed by atoms with Gasteiger partial charge in [-0.15, -0.1) is 0 Å². The molecule has 0 atom stereocenters. The number of aryl methyl sites for hydroxylation is 1. The third-order valence-electron chi connectivity index (χ3n) is 4.18. The number of anilines is 1. The molecule has 1 amide bonds. The molecule has 2 aromatic rings. The summed E-state index contributed by atoms with van der Waals surface area (Å²) in [5.74, 6) is 0.0951. The lowest BCUT2D eigenvalue weighted by Crippen LogP contribution is -2.48. The zero-order chi connectivity index (χ0) is 16.1. The maximum atomic E-state index is 12.3. The van der Waals surface area contributed by atoms with Crippen LogP contribution in [0.15, 0.2) is 60.7 Å². The van der Waals surface area contributed by atoms with Crippen molar-refractivity contribution in [1.82, 2.24) is 4.90 Å². The van der Waals surface area contributed by atoms with Crippen LogP contribution in [0.1, 0.15) is 11.1 Å². The second kappa shape index (κ2) is 7.14.